The van der Waals surface area contributed by atoms with Gasteiger partial charge in [-0.25, -0.2) is 8.78 Å². The molecule has 0 saturated carbocycles. The minimum Gasteiger partial charge on any atom is -0.356 e. The van der Waals surface area contributed by atoms with Crippen molar-refractivity contribution in [1.29, 1.82) is 0 Å². The number of anilines is 1. The number of alkyl halides is 2. The first-order chi connectivity index (χ1) is 12.0. The summed E-state index contributed by atoms with van der Waals surface area (Å²) in [6.07, 6.45) is 0.406. The number of nitrogens with one attached hydrogen (secondary N) is 1. The van der Waals surface area contributed by atoms with Gasteiger partial charge in [0.1, 0.15) is 4.99 Å². The summed E-state index contributed by atoms with van der Waals surface area (Å²) in [7, 11) is 1.69. The van der Waals surface area contributed by atoms with Crippen molar-refractivity contribution in [3.63, 3.8) is 0 Å². The Labute approximate surface area is 155 Å². The van der Waals surface area contributed by atoms with Gasteiger partial charge < -0.3 is 9.88 Å². The molecule has 0 unspecified atom stereocenters. The number of aryl methyl sites for hydroxylation is 1. The molecule has 1 N–H and O–H groups in total. The second-order valence-electron chi connectivity index (χ2n) is 5.60. The quantitative estimate of drug-likeness (QED) is 0.556. The highest BCUT2D eigenvalue weighted by Crippen LogP contribution is 2.30. The van der Waals surface area contributed by atoms with Crippen LogP contribution in [0.4, 0.5) is 14.5 Å². The molecule has 6 heteroatoms. The van der Waals surface area contributed by atoms with Crippen LogP contribution < -0.4 is 5.32 Å². The highest BCUT2D eigenvalue weighted by Gasteiger charge is 2.19. The molecule has 0 radical (unpaired) electrons. The number of hydrogen-bond donors (Lipinski definition) is 1. The summed E-state index contributed by atoms with van der Waals surface area (Å²) in [5.74, 6) is 0. The molecule has 0 bridgehead atoms. The van der Waals surface area contributed by atoms with Crippen molar-refractivity contribution in [1.82, 2.24) is 4.57 Å². The van der Waals surface area contributed by atoms with E-state index in [2.05, 4.69) is 5.32 Å². The van der Waals surface area contributed by atoms with E-state index in [0.717, 1.165) is 16.8 Å². The van der Waals surface area contributed by atoms with E-state index in [1.54, 1.807) is 29.9 Å². The first kappa shape index (κ1) is 17.6. The van der Waals surface area contributed by atoms with Gasteiger partial charge in [-0.3, -0.25) is 0 Å². The second kappa shape index (κ2) is 7.33. The molecule has 0 spiro atoms. The van der Waals surface area contributed by atoms with Crippen molar-refractivity contribution in [2.24, 2.45) is 7.05 Å². The van der Waals surface area contributed by atoms with Gasteiger partial charge >= 0.3 is 0 Å². The van der Waals surface area contributed by atoms with Gasteiger partial charge in [-0.15, -0.1) is 0 Å². The fraction of sp³-hybridized carbons (Fsp3) is 0.105. The van der Waals surface area contributed by atoms with Gasteiger partial charge in [-0.1, -0.05) is 54.2 Å². The van der Waals surface area contributed by atoms with E-state index in [1.165, 1.54) is 6.20 Å². The van der Waals surface area contributed by atoms with E-state index in [4.69, 9.17) is 23.8 Å². The molecule has 0 aliphatic heterocycles. The standard InChI is InChI=1S/C19H15ClF2N2S/c1-24-10-15(18(21)22)16(11-24)19(25)23-17-5-3-2-4-14(17)12-6-8-13(20)9-7-12/h2-11,18H,1H3,(H,23,25). The van der Waals surface area contributed by atoms with Crippen LogP contribution in [0.25, 0.3) is 11.1 Å². The maximum Gasteiger partial charge on any atom is 0.265 e. The van der Waals surface area contributed by atoms with Crippen LogP contribution in [0.5, 0.6) is 0 Å². The monoisotopic (exact) mass is 376 g/mol. The Kier molecular flexibility index (Phi) is 5.16. The Balaban J connectivity index is 1.94. The van der Waals surface area contributed by atoms with E-state index in [1.807, 2.05) is 36.4 Å². The number of nitrogens with zero attached hydrogens (tertiary/aromatic N) is 1. The predicted molar refractivity (Wildman–Crippen MR) is 103 cm³/mol. The Morgan fingerprint density at radius 2 is 1.76 bits per heavy atom. The third-order valence-corrected chi connectivity index (χ3v) is 4.37. The molecule has 0 aliphatic rings. The summed E-state index contributed by atoms with van der Waals surface area (Å²) in [6.45, 7) is 0. The molecule has 25 heavy (non-hydrogen) atoms. The first-order valence-corrected chi connectivity index (χ1v) is 8.34. The summed E-state index contributed by atoms with van der Waals surface area (Å²) < 4.78 is 28.0. The zero-order valence-corrected chi connectivity index (χ0v) is 14.9. The van der Waals surface area contributed by atoms with Gasteiger partial charge in [0.15, 0.2) is 0 Å². The van der Waals surface area contributed by atoms with E-state index >= 15 is 0 Å². The predicted octanol–water partition coefficient (Wildman–Crippen LogP) is 6.07. The fourth-order valence-electron chi connectivity index (χ4n) is 2.63. The Hall–Kier alpha value is -2.24. The topological polar surface area (TPSA) is 17.0 Å². The molecule has 0 fully saturated rings. The number of para-hydroxylation sites is 1. The van der Waals surface area contributed by atoms with Gasteiger partial charge in [0, 0.05) is 46.8 Å². The van der Waals surface area contributed by atoms with Crippen molar-refractivity contribution >= 4 is 34.5 Å². The van der Waals surface area contributed by atoms with Crippen molar-refractivity contribution in [3.05, 3.63) is 77.1 Å². The largest absolute Gasteiger partial charge is 0.356 e. The minimum atomic E-state index is -2.58. The summed E-state index contributed by atoms with van der Waals surface area (Å²) in [5.41, 5.74) is 2.87. The number of halogens is 3. The smallest absolute Gasteiger partial charge is 0.265 e. The normalized spacial score (nSPS) is 10.9. The first-order valence-electron chi connectivity index (χ1n) is 7.56. The number of thiocarbonyl (C=S) groups is 1. The second-order valence-corrected chi connectivity index (χ2v) is 6.44. The Morgan fingerprint density at radius 3 is 2.44 bits per heavy atom. The molecule has 1 heterocycles. The highest BCUT2D eigenvalue weighted by atomic mass is 35.5. The number of aromatic nitrogens is 1. The third-order valence-electron chi connectivity index (χ3n) is 3.80. The molecule has 2 nitrogen and oxygen atoms in total. The zero-order chi connectivity index (χ0) is 18.0. The van der Waals surface area contributed by atoms with Gasteiger partial charge in [-0.2, -0.15) is 0 Å². The lowest BCUT2D eigenvalue weighted by Crippen LogP contribution is -2.12. The summed E-state index contributed by atoms with van der Waals surface area (Å²) >= 11 is 11.3. The Bertz CT molecular complexity index is 904. The number of benzene rings is 2. The zero-order valence-electron chi connectivity index (χ0n) is 13.3. The van der Waals surface area contributed by atoms with Gasteiger partial charge in [0.25, 0.3) is 6.43 Å². The van der Waals surface area contributed by atoms with Crippen LogP contribution in [0.2, 0.25) is 5.02 Å². The molecule has 0 atom stereocenters. The van der Waals surface area contributed by atoms with Crippen molar-refractivity contribution < 1.29 is 8.78 Å². The molecular formula is C19H15ClF2N2S. The van der Waals surface area contributed by atoms with Gasteiger partial charge in [0.05, 0.1) is 0 Å². The molecule has 0 saturated heterocycles. The van der Waals surface area contributed by atoms with E-state index in [9.17, 15) is 8.78 Å². The molecule has 0 aliphatic carbocycles. The summed E-state index contributed by atoms with van der Waals surface area (Å²) in [5, 5.41) is 3.75. The van der Waals surface area contributed by atoms with Gasteiger partial charge in [-0.05, 0) is 23.8 Å². The van der Waals surface area contributed by atoms with E-state index in [0.29, 0.717) is 10.6 Å². The van der Waals surface area contributed by atoms with Crippen molar-refractivity contribution in [3.8, 4) is 11.1 Å². The average molecular weight is 377 g/mol. The summed E-state index contributed by atoms with van der Waals surface area (Å²) in [6, 6.07) is 15.0. The SMILES string of the molecule is Cn1cc(C(=S)Nc2ccccc2-c2ccc(Cl)cc2)c(C(F)F)c1. The fourth-order valence-corrected chi connectivity index (χ4v) is 3.04. The average Bonchev–Trinajstić information content (AvgIpc) is 2.99. The van der Waals surface area contributed by atoms with Gasteiger partial charge in [0.2, 0.25) is 0 Å². The maximum absolute atomic E-state index is 13.2. The van der Waals surface area contributed by atoms with E-state index in [-0.39, 0.29) is 10.6 Å². The lowest BCUT2D eigenvalue weighted by molar-refractivity contribution is 0.151. The molecule has 3 rings (SSSR count). The van der Waals surface area contributed by atoms with Crippen LogP contribution in [0.1, 0.15) is 17.6 Å². The molecule has 3 aromatic rings. The maximum atomic E-state index is 13.2. The molecule has 1 aromatic heterocycles. The number of rotatable bonds is 4. The highest BCUT2D eigenvalue weighted by molar-refractivity contribution is 7.81. The van der Waals surface area contributed by atoms with Crippen LogP contribution in [0, 0.1) is 0 Å². The van der Waals surface area contributed by atoms with Crippen molar-refractivity contribution in [2.75, 3.05) is 5.32 Å². The Morgan fingerprint density at radius 1 is 1.08 bits per heavy atom. The molecule has 2 aromatic carbocycles. The van der Waals surface area contributed by atoms with Crippen LogP contribution in [0.3, 0.4) is 0 Å². The van der Waals surface area contributed by atoms with Crippen LogP contribution in [-0.4, -0.2) is 9.56 Å². The lowest BCUT2D eigenvalue weighted by atomic mass is 10.0. The molecule has 0 amide bonds. The van der Waals surface area contributed by atoms with Crippen LogP contribution in [0.15, 0.2) is 60.9 Å². The van der Waals surface area contributed by atoms with Crippen molar-refractivity contribution in [2.45, 2.75) is 6.43 Å². The minimum absolute atomic E-state index is 0.0797. The molecular weight excluding hydrogens is 362 g/mol. The van der Waals surface area contributed by atoms with E-state index < -0.39 is 6.43 Å². The lowest BCUT2D eigenvalue weighted by Gasteiger charge is -2.13. The number of hydrogen-bond acceptors (Lipinski definition) is 1. The third kappa shape index (κ3) is 3.89. The summed E-state index contributed by atoms with van der Waals surface area (Å²) in [4.78, 5) is 0.261. The molecule has 128 valence electrons. The van der Waals surface area contributed by atoms with Crippen LogP contribution in [-0.2, 0) is 7.05 Å². The van der Waals surface area contributed by atoms with Crippen LogP contribution >= 0.6 is 23.8 Å².